The van der Waals surface area contributed by atoms with Crippen molar-refractivity contribution in [2.75, 3.05) is 6.61 Å². The highest BCUT2D eigenvalue weighted by Crippen LogP contribution is 1.93. The van der Waals surface area contributed by atoms with Crippen LogP contribution in [0.4, 0.5) is 4.79 Å². The number of aromatic nitrogens is 3. The number of aliphatic hydroxyl groups is 1. The van der Waals surface area contributed by atoms with Gasteiger partial charge >= 0.3 is 12.0 Å². The lowest BCUT2D eigenvalue weighted by atomic mass is 10.3. The minimum Gasteiger partial charge on any atom is -0.480 e. The number of nitrogens with zero attached hydrogens (tertiary/aromatic N) is 3. The molecule has 100 valence electrons. The number of carbonyl (C=O) groups is 2. The lowest BCUT2D eigenvalue weighted by Gasteiger charge is -2.12. The molecular formula is C9H15N5O4. The molecule has 0 aliphatic heterocycles. The summed E-state index contributed by atoms with van der Waals surface area (Å²) in [5.74, 6) is -0.743. The fourth-order valence-electron chi connectivity index (χ4n) is 1.23. The second-order valence-corrected chi connectivity index (χ2v) is 3.43. The molecule has 0 spiro atoms. The number of aliphatic hydroxyl groups excluding tert-OH is 1. The van der Waals surface area contributed by atoms with Gasteiger partial charge < -0.3 is 25.4 Å². The van der Waals surface area contributed by atoms with Crippen LogP contribution < -0.4 is 10.6 Å². The van der Waals surface area contributed by atoms with Crippen LogP contribution in [0.2, 0.25) is 0 Å². The van der Waals surface area contributed by atoms with Gasteiger partial charge in [0.05, 0.1) is 13.2 Å². The topological polar surface area (TPSA) is 129 Å². The molecule has 1 rings (SSSR count). The summed E-state index contributed by atoms with van der Waals surface area (Å²) in [6, 6.07) is -2.02. The molecule has 0 radical (unpaired) electrons. The molecule has 1 aromatic heterocycles. The summed E-state index contributed by atoms with van der Waals surface area (Å²) in [5, 5.41) is 29.4. The molecule has 1 aromatic rings. The number of carboxylic acids is 1. The van der Waals surface area contributed by atoms with Crippen LogP contribution in [0.25, 0.3) is 0 Å². The van der Waals surface area contributed by atoms with Gasteiger partial charge in [-0.1, -0.05) is 0 Å². The van der Waals surface area contributed by atoms with Gasteiger partial charge in [0.15, 0.2) is 11.9 Å². The van der Waals surface area contributed by atoms with E-state index < -0.39 is 24.6 Å². The third-order valence-corrected chi connectivity index (χ3v) is 2.23. The molecule has 0 aromatic carbocycles. The number of aliphatic carboxylic acids is 1. The van der Waals surface area contributed by atoms with Gasteiger partial charge in [0.25, 0.3) is 0 Å². The number of hydrogen-bond acceptors (Lipinski definition) is 5. The van der Waals surface area contributed by atoms with Gasteiger partial charge in [-0.2, -0.15) is 0 Å². The van der Waals surface area contributed by atoms with E-state index in [0.717, 1.165) is 0 Å². The molecule has 18 heavy (non-hydrogen) atoms. The van der Waals surface area contributed by atoms with E-state index in [1.54, 1.807) is 4.57 Å². The van der Waals surface area contributed by atoms with E-state index in [2.05, 4.69) is 20.8 Å². The van der Waals surface area contributed by atoms with Gasteiger partial charge in [-0.3, -0.25) is 0 Å². The lowest BCUT2D eigenvalue weighted by molar-refractivity contribution is -0.140. The number of urea groups is 1. The summed E-state index contributed by atoms with van der Waals surface area (Å²) in [7, 11) is 0. The quantitative estimate of drug-likeness (QED) is 0.493. The van der Waals surface area contributed by atoms with Crippen LogP contribution in [-0.2, 0) is 17.9 Å². The second kappa shape index (κ2) is 6.55. The molecule has 0 bridgehead atoms. The van der Waals surface area contributed by atoms with Crippen LogP contribution in [0, 0.1) is 0 Å². The van der Waals surface area contributed by atoms with Crippen LogP contribution in [0.15, 0.2) is 6.33 Å². The van der Waals surface area contributed by atoms with Crippen molar-refractivity contribution >= 4 is 12.0 Å². The highest BCUT2D eigenvalue weighted by atomic mass is 16.4. The smallest absolute Gasteiger partial charge is 0.328 e. The minimum absolute atomic E-state index is 0.122. The Balaban J connectivity index is 2.44. The molecule has 0 fully saturated rings. The third-order valence-electron chi connectivity index (χ3n) is 2.23. The molecule has 1 unspecified atom stereocenters. The standard InChI is InChI=1S/C9H15N5O4/c1-2-14-5-11-13-7(14)3-10-9(18)12-6(4-15)8(16)17/h5-6,15H,2-4H2,1H3,(H,16,17)(H2,10,12,18). The summed E-state index contributed by atoms with van der Waals surface area (Å²) in [6.07, 6.45) is 1.53. The van der Waals surface area contributed by atoms with Gasteiger partial charge in [-0.25, -0.2) is 9.59 Å². The highest BCUT2D eigenvalue weighted by Gasteiger charge is 2.18. The van der Waals surface area contributed by atoms with Crippen molar-refractivity contribution in [2.24, 2.45) is 0 Å². The van der Waals surface area contributed by atoms with Crippen molar-refractivity contribution in [3.8, 4) is 0 Å². The maximum absolute atomic E-state index is 11.4. The first-order valence-corrected chi connectivity index (χ1v) is 5.33. The van der Waals surface area contributed by atoms with E-state index in [4.69, 9.17) is 10.2 Å². The van der Waals surface area contributed by atoms with Crippen molar-refractivity contribution in [3.05, 3.63) is 12.2 Å². The second-order valence-electron chi connectivity index (χ2n) is 3.43. The average molecular weight is 257 g/mol. The predicted octanol–water partition coefficient (Wildman–Crippen LogP) is -1.46. The Morgan fingerprint density at radius 2 is 2.28 bits per heavy atom. The molecule has 2 amide bonds. The molecule has 9 heteroatoms. The zero-order valence-electron chi connectivity index (χ0n) is 9.83. The summed E-state index contributed by atoms with van der Waals surface area (Å²) in [4.78, 5) is 21.9. The summed E-state index contributed by atoms with van der Waals surface area (Å²) >= 11 is 0. The van der Waals surface area contributed by atoms with E-state index in [1.165, 1.54) is 6.33 Å². The Labute approximate surface area is 103 Å². The van der Waals surface area contributed by atoms with Crippen molar-refractivity contribution in [2.45, 2.75) is 26.1 Å². The summed E-state index contributed by atoms with van der Waals surface area (Å²) < 4.78 is 1.74. The Bertz CT molecular complexity index is 419. The highest BCUT2D eigenvalue weighted by molar-refractivity contribution is 5.82. The van der Waals surface area contributed by atoms with E-state index in [0.29, 0.717) is 12.4 Å². The minimum atomic E-state index is -1.32. The lowest BCUT2D eigenvalue weighted by Crippen LogP contribution is -2.47. The monoisotopic (exact) mass is 257 g/mol. The van der Waals surface area contributed by atoms with E-state index in [1.807, 2.05) is 6.92 Å². The largest absolute Gasteiger partial charge is 0.480 e. The van der Waals surface area contributed by atoms with Gasteiger partial charge in [-0.05, 0) is 6.92 Å². The first-order chi connectivity index (χ1) is 8.58. The van der Waals surface area contributed by atoms with Gasteiger partial charge in [-0.15, -0.1) is 10.2 Å². The molecule has 4 N–H and O–H groups in total. The molecule has 0 aliphatic rings. The third kappa shape index (κ3) is 3.70. The number of carboxylic acid groups (broad SMARTS) is 1. The average Bonchev–Trinajstić information content (AvgIpc) is 2.80. The van der Waals surface area contributed by atoms with Crippen LogP contribution in [0.5, 0.6) is 0 Å². The number of nitrogens with one attached hydrogen (secondary N) is 2. The molecule has 0 aliphatic carbocycles. The van der Waals surface area contributed by atoms with Crippen LogP contribution >= 0.6 is 0 Å². The number of amides is 2. The Morgan fingerprint density at radius 3 is 2.83 bits per heavy atom. The SMILES string of the molecule is CCn1cnnc1CNC(=O)NC(CO)C(=O)O. The normalized spacial score (nSPS) is 11.9. The van der Waals surface area contributed by atoms with Crippen LogP contribution in [-0.4, -0.2) is 49.6 Å². The molecular weight excluding hydrogens is 242 g/mol. The summed E-state index contributed by atoms with van der Waals surface area (Å²) in [6.45, 7) is 2.02. The van der Waals surface area contributed by atoms with Gasteiger partial charge in [0.2, 0.25) is 0 Å². The van der Waals surface area contributed by atoms with E-state index in [9.17, 15) is 9.59 Å². The molecule has 1 atom stereocenters. The Hall–Kier alpha value is -2.16. The van der Waals surface area contributed by atoms with E-state index in [-0.39, 0.29) is 6.54 Å². The first kappa shape index (κ1) is 13.9. The summed E-state index contributed by atoms with van der Waals surface area (Å²) in [5.41, 5.74) is 0. The predicted molar refractivity (Wildman–Crippen MR) is 59.6 cm³/mol. The van der Waals surface area contributed by atoms with Crippen molar-refractivity contribution < 1.29 is 19.8 Å². The molecule has 1 heterocycles. The van der Waals surface area contributed by atoms with Crippen LogP contribution in [0.1, 0.15) is 12.7 Å². The van der Waals surface area contributed by atoms with Crippen molar-refractivity contribution in [1.29, 1.82) is 0 Å². The number of hydrogen-bond donors (Lipinski definition) is 4. The molecule has 9 nitrogen and oxygen atoms in total. The molecule has 0 saturated carbocycles. The number of carbonyl (C=O) groups excluding carboxylic acids is 1. The first-order valence-electron chi connectivity index (χ1n) is 5.33. The fraction of sp³-hybridized carbons (Fsp3) is 0.556. The fourth-order valence-corrected chi connectivity index (χ4v) is 1.23. The van der Waals surface area contributed by atoms with Gasteiger partial charge in [0.1, 0.15) is 6.33 Å². The number of aryl methyl sites for hydroxylation is 1. The van der Waals surface area contributed by atoms with Crippen LogP contribution in [0.3, 0.4) is 0 Å². The van der Waals surface area contributed by atoms with E-state index >= 15 is 0 Å². The maximum Gasteiger partial charge on any atom is 0.328 e. The molecule has 0 saturated heterocycles. The zero-order valence-corrected chi connectivity index (χ0v) is 9.83. The Kier molecular flexibility index (Phi) is 5.06. The Morgan fingerprint density at radius 1 is 1.56 bits per heavy atom. The zero-order chi connectivity index (χ0) is 13.5. The number of rotatable bonds is 6. The maximum atomic E-state index is 11.4. The van der Waals surface area contributed by atoms with Crippen molar-refractivity contribution in [1.82, 2.24) is 25.4 Å². The van der Waals surface area contributed by atoms with Crippen molar-refractivity contribution in [3.63, 3.8) is 0 Å². The van der Waals surface area contributed by atoms with Gasteiger partial charge in [0, 0.05) is 6.54 Å².